The maximum atomic E-state index is 11.4. The predicted octanol–water partition coefficient (Wildman–Crippen LogP) is 3.06. The van der Waals surface area contributed by atoms with Crippen molar-refractivity contribution in [1.29, 1.82) is 5.26 Å². The summed E-state index contributed by atoms with van der Waals surface area (Å²) < 4.78 is 4.85. The van der Waals surface area contributed by atoms with Crippen molar-refractivity contribution in [3.8, 4) is 6.07 Å². The van der Waals surface area contributed by atoms with Gasteiger partial charge in [-0.3, -0.25) is 4.79 Å². The third kappa shape index (κ3) is 3.36. The van der Waals surface area contributed by atoms with Gasteiger partial charge in [-0.25, -0.2) is 0 Å². The van der Waals surface area contributed by atoms with Gasteiger partial charge < -0.3 is 4.74 Å². The van der Waals surface area contributed by atoms with E-state index in [1.807, 2.05) is 6.07 Å². The first-order valence-corrected chi connectivity index (χ1v) is 5.97. The van der Waals surface area contributed by atoms with Gasteiger partial charge in [-0.05, 0) is 30.2 Å². The van der Waals surface area contributed by atoms with Crippen molar-refractivity contribution in [1.82, 2.24) is 0 Å². The Morgan fingerprint density at radius 2 is 2.18 bits per heavy atom. The van der Waals surface area contributed by atoms with Crippen molar-refractivity contribution in [2.45, 2.75) is 19.2 Å². The van der Waals surface area contributed by atoms with Gasteiger partial charge in [0.1, 0.15) is 0 Å². The summed E-state index contributed by atoms with van der Waals surface area (Å²) in [5, 5.41) is 9.36. The van der Waals surface area contributed by atoms with Crippen LogP contribution < -0.4 is 0 Å². The number of halogens is 2. The summed E-state index contributed by atoms with van der Waals surface area (Å²) in [6, 6.07) is 5.20. The standard InChI is InChI=1S/C12H11Cl2NO2/c1-2-17-12(16)5-9-10(6-13)8(7-15)3-4-11(9)14/h3-4H,2,5-6H2,1H3. The highest BCUT2D eigenvalue weighted by molar-refractivity contribution is 6.31. The van der Waals surface area contributed by atoms with E-state index < -0.39 is 0 Å². The number of esters is 1. The highest BCUT2D eigenvalue weighted by Gasteiger charge is 2.15. The first-order valence-electron chi connectivity index (χ1n) is 5.06. The predicted molar refractivity (Wildman–Crippen MR) is 66.1 cm³/mol. The normalized spacial score (nSPS) is 9.76. The highest BCUT2D eigenvalue weighted by Crippen LogP contribution is 2.25. The van der Waals surface area contributed by atoms with Crippen LogP contribution in [-0.2, 0) is 21.8 Å². The van der Waals surface area contributed by atoms with Crippen LogP contribution in [0.15, 0.2) is 12.1 Å². The Kier molecular flexibility index (Phi) is 5.27. The molecule has 0 saturated heterocycles. The zero-order chi connectivity index (χ0) is 12.8. The minimum atomic E-state index is -0.379. The molecule has 0 saturated carbocycles. The van der Waals surface area contributed by atoms with Crippen molar-refractivity contribution in [3.63, 3.8) is 0 Å². The Morgan fingerprint density at radius 1 is 1.47 bits per heavy atom. The molecule has 90 valence electrons. The van der Waals surface area contributed by atoms with E-state index in [0.717, 1.165) is 0 Å². The van der Waals surface area contributed by atoms with E-state index in [-0.39, 0.29) is 18.3 Å². The van der Waals surface area contributed by atoms with Crippen LogP contribution in [-0.4, -0.2) is 12.6 Å². The number of ether oxygens (including phenoxy) is 1. The summed E-state index contributed by atoms with van der Waals surface area (Å²) >= 11 is 11.8. The van der Waals surface area contributed by atoms with Crippen LogP contribution >= 0.6 is 23.2 Å². The van der Waals surface area contributed by atoms with Crippen LogP contribution in [0.1, 0.15) is 23.6 Å². The molecule has 0 aromatic heterocycles. The SMILES string of the molecule is CCOC(=O)Cc1c(Cl)ccc(C#N)c1CCl. The average molecular weight is 272 g/mol. The summed E-state index contributed by atoms with van der Waals surface area (Å²) in [6.07, 6.45) is 0.0320. The lowest BCUT2D eigenvalue weighted by Crippen LogP contribution is -2.10. The first-order chi connectivity index (χ1) is 8.13. The van der Waals surface area contributed by atoms with Crippen LogP contribution in [0.4, 0.5) is 0 Å². The third-order valence-electron chi connectivity index (χ3n) is 2.25. The molecular formula is C12H11Cl2NO2. The lowest BCUT2D eigenvalue weighted by atomic mass is 10.0. The topological polar surface area (TPSA) is 50.1 Å². The smallest absolute Gasteiger partial charge is 0.310 e. The number of carbonyl (C=O) groups is 1. The number of alkyl halides is 1. The largest absolute Gasteiger partial charge is 0.466 e. The lowest BCUT2D eigenvalue weighted by Gasteiger charge is -2.10. The summed E-state index contributed by atoms with van der Waals surface area (Å²) in [6.45, 7) is 2.04. The molecule has 1 rings (SSSR count). The summed E-state index contributed by atoms with van der Waals surface area (Å²) in [5.41, 5.74) is 1.59. The molecule has 0 unspecified atom stereocenters. The zero-order valence-electron chi connectivity index (χ0n) is 9.30. The molecule has 0 aliphatic heterocycles. The molecule has 0 aliphatic carbocycles. The highest BCUT2D eigenvalue weighted by atomic mass is 35.5. The maximum Gasteiger partial charge on any atom is 0.310 e. The van der Waals surface area contributed by atoms with Crippen LogP contribution in [0.25, 0.3) is 0 Å². The molecule has 1 aromatic carbocycles. The van der Waals surface area contributed by atoms with Gasteiger partial charge >= 0.3 is 5.97 Å². The number of nitrogens with zero attached hydrogens (tertiary/aromatic N) is 1. The van der Waals surface area contributed by atoms with Crippen LogP contribution in [0.3, 0.4) is 0 Å². The Bertz CT molecular complexity index is 466. The van der Waals surface area contributed by atoms with E-state index >= 15 is 0 Å². The van der Waals surface area contributed by atoms with Gasteiger partial charge in [-0.1, -0.05) is 11.6 Å². The molecule has 0 amide bonds. The van der Waals surface area contributed by atoms with Crippen molar-refractivity contribution in [2.24, 2.45) is 0 Å². The molecule has 0 spiro atoms. The molecule has 0 atom stereocenters. The number of rotatable bonds is 4. The average Bonchev–Trinajstić information content (AvgIpc) is 2.31. The van der Waals surface area contributed by atoms with Crippen molar-refractivity contribution in [3.05, 3.63) is 33.8 Å². The van der Waals surface area contributed by atoms with Gasteiger partial charge in [-0.15, -0.1) is 11.6 Å². The van der Waals surface area contributed by atoms with E-state index in [9.17, 15) is 4.79 Å². The fourth-order valence-corrected chi connectivity index (χ4v) is 2.02. The molecule has 0 N–H and O–H groups in total. The Hall–Kier alpha value is -1.24. The second kappa shape index (κ2) is 6.48. The van der Waals surface area contributed by atoms with E-state index in [2.05, 4.69) is 0 Å². The van der Waals surface area contributed by atoms with E-state index in [1.54, 1.807) is 19.1 Å². The molecule has 0 bridgehead atoms. The second-order valence-electron chi connectivity index (χ2n) is 3.28. The van der Waals surface area contributed by atoms with Crippen molar-refractivity contribution in [2.75, 3.05) is 6.61 Å². The third-order valence-corrected chi connectivity index (χ3v) is 2.88. The molecule has 0 fully saturated rings. The number of carbonyl (C=O) groups excluding carboxylic acids is 1. The molecule has 0 heterocycles. The minimum absolute atomic E-state index is 0.0320. The summed E-state index contributed by atoms with van der Waals surface area (Å²) in [7, 11) is 0. The molecule has 0 aliphatic rings. The molecule has 0 radical (unpaired) electrons. The number of nitriles is 1. The quantitative estimate of drug-likeness (QED) is 0.625. The first kappa shape index (κ1) is 13.8. The van der Waals surface area contributed by atoms with Crippen LogP contribution in [0.2, 0.25) is 5.02 Å². The van der Waals surface area contributed by atoms with Gasteiger partial charge in [0.05, 0.1) is 24.7 Å². The van der Waals surface area contributed by atoms with E-state index in [4.69, 9.17) is 33.2 Å². The van der Waals surface area contributed by atoms with Gasteiger partial charge in [0.2, 0.25) is 0 Å². The molecule has 3 nitrogen and oxygen atoms in total. The van der Waals surface area contributed by atoms with Gasteiger partial charge in [0.15, 0.2) is 0 Å². The Labute approximate surface area is 110 Å². The summed E-state index contributed by atoms with van der Waals surface area (Å²) in [5.74, 6) is -0.242. The van der Waals surface area contributed by atoms with Gasteiger partial charge in [0.25, 0.3) is 0 Å². The number of benzene rings is 1. The molecular weight excluding hydrogens is 261 g/mol. The monoisotopic (exact) mass is 271 g/mol. The molecule has 17 heavy (non-hydrogen) atoms. The second-order valence-corrected chi connectivity index (χ2v) is 3.95. The zero-order valence-corrected chi connectivity index (χ0v) is 10.8. The molecule has 1 aromatic rings. The van der Waals surface area contributed by atoms with Gasteiger partial charge in [-0.2, -0.15) is 5.26 Å². The Balaban J connectivity index is 3.13. The van der Waals surface area contributed by atoms with E-state index in [0.29, 0.717) is 28.3 Å². The minimum Gasteiger partial charge on any atom is -0.466 e. The fourth-order valence-electron chi connectivity index (χ4n) is 1.47. The maximum absolute atomic E-state index is 11.4. The number of hydrogen-bond acceptors (Lipinski definition) is 3. The van der Waals surface area contributed by atoms with Crippen LogP contribution in [0.5, 0.6) is 0 Å². The van der Waals surface area contributed by atoms with E-state index in [1.165, 1.54) is 0 Å². The molecule has 5 heteroatoms. The fraction of sp³-hybridized carbons (Fsp3) is 0.333. The van der Waals surface area contributed by atoms with Gasteiger partial charge in [0, 0.05) is 10.9 Å². The summed E-state index contributed by atoms with van der Waals surface area (Å²) in [4.78, 5) is 11.4. The number of hydrogen-bond donors (Lipinski definition) is 0. The van der Waals surface area contributed by atoms with Crippen molar-refractivity contribution < 1.29 is 9.53 Å². The lowest BCUT2D eigenvalue weighted by molar-refractivity contribution is -0.142. The van der Waals surface area contributed by atoms with Crippen molar-refractivity contribution >= 4 is 29.2 Å². The van der Waals surface area contributed by atoms with Crippen LogP contribution in [0, 0.1) is 11.3 Å². The Morgan fingerprint density at radius 3 is 2.71 bits per heavy atom.